The van der Waals surface area contributed by atoms with Gasteiger partial charge in [-0.2, -0.15) is 17.4 Å². The number of ether oxygens (including phenoxy) is 1. The van der Waals surface area contributed by atoms with E-state index >= 15 is 0 Å². The van der Waals surface area contributed by atoms with Gasteiger partial charge in [0.2, 0.25) is 0 Å². The van der Waals surface area contributed by atoms with E-state index < -0.39 is 22.2 Å². The number of nitrogens with one attached hydrogen (secondary N) is 1. The lowest BCUT2D eigenvalue weighted by Gasteiger charge is -2.35. The summed E-state index contributed by atoms with van der Waals surface area (Å²) in [5, 5.41) is 8.83. The first-order chi connectivity index (χ1) is 9.24. The second kappa shape index (κ2) is 7.35. The Bertz CT molecular complexity index is 416. The van der Waals surface area contributed by atoms with Gasteiger partial charge in [-0.25, -0.2) is 0 Å². The number of hydrogen-bond donors (Lipinski definition) is 2. The minimum Gasteiger partial charge on any atom is -0.481 e. The van der Waals surface area contributed by atoms with Crippen LogP contribution in [0.5, 0.6) is 0 Å². The molecule has 1 heterocycles. The molecule has 0 bridgehead atoms. The molecule has 20 heavy (non-hydrogen) atoms. The first-order valence-electron chi connectivity index (χ1n) is 6.89. The van der Waals surface area contributed by atoms with E-state index in [4.69, 9.17) is 9.84 Å². The fraction of sp³-hybridized carbons (Fsp3) is 0.917. The number of carboxylic acid groups (broad SMARTS) is 1. The van der Waals surface area contributed by atoms with Gasteiger partial charge < -0.3 is 9.84 Å². The molecule has 1 aliphatic rings. The van der Waals surface area contributed by atoms with Crippen molar-refractivity contribution in [2.24, 2.45) is 0 Å². The van der Waals surface area contributed by atoms with Crippen LogP contribution in [0, 0.1) is 0 Å². The maximum absolute atomic E-state index is 12.3. The Hall–Kier alpha value is -0.700. The van der Waals surface area contributed by atoms with Gasteiger partial charge in [-0.15, -0.1) is 0 Å². The Labute approximate surface area is 120 Å². The molecule has 118 valence electrons. The maximum atomic E-state index is 12.3. The standard InChI is InChI=1S/C12H24N2O5S/c1-4-5-11(6-12(15)16)13-20(17,18)14-7-9(2)19-10(3)8-14/h9-11,13H,4-8H2,1-3H3,(H,15,16). The van der Waals surface area contributed by atoms with Crippen LogP contribution < -0.4 is 4.72 Å². The maximum Gasteiger partial charge on any atom is 0.304 e. The summed E-state index contributed by atoms with van der Waals surface area (Å²) in [6, 6.07) is -0.573. The lowest BCUT2D eigenvalue weighted by molar-refractivity contribution is -0.137. The Balaban J connectivity index is 2.73. The lowest BCUT2D eigenvalue weighted by atomic mass is 10.1. The zero-order valence-corrected chi connectivity index (χ0v) is 13.0. The van der Waals surface area contributed by atoms with Gasteiger partial charge in [-0.3, -0.25) is 4.79 Å². The third-order valence-corrected chi connectivity index (χ3v) is 4.71. The van der Waals surface area contributed by atoms with Gasteiger partial charge in [0.1, 0.15) is 0 Å². The largest absolute Gasteiger partial charge is 0.481 e. The van der Waals surface area contributed by atoms with Crippen molar-refractivity contribution in [1.82, 2.24) is 9.03 Å². The lowest BCUT2D eigenvalue weighted by Crippen LogP contribution is -2.53. The van der Waals surface area contributed by atoms with E-state index in [1.807, 2.05) is 20.8 Å². The molecule has 0 aromatic heterocycles. The van der Waals surface area contributed by atoms with Gasteiger partial charge in [0.25, 0.3) is 10.2 Å². The van der Waals surface area contributed by atoms with E-state index in [9.17, 15) is 13.2 Å². The average molecular weight is 308 g/mol. The van der Waals surface area contributed by atoms with Gasteiger partial charge in [-0.05, 0) is 20.3 Å². The first-order valence-corrected chi connectivity index (χ1v) is 8.33. The van der Waals surface area contributed by atoms with Crippen LogP contribution in [0.4, 0.5) is 0 Å². The molecule has 0 spiro atoms. The summed E-state index contributed by atoms with van der Waals surface area (Å²) in [6.07, 6.45) is 0.679. The van der Waals surface area contributed by atoms with Gasteiger partial charge in [0.15, 0.2) is 0 Å². The van der Waals surface area contributed by atoms with Crippen molar-refractivity contribution in [3.63, 3.8) is 0 Å². The Morgan fingerprint density at radius 1 is 1.40 bits per heavy atom. The van der Waals surface area contributed by atoms with Crippen molar-refractivity contribution in [3.05, 3.63) is 0 Å². The van der Waals surface area contributed by atoms with Crippen LogP contribution >= 0.6 is 0 Å². The second-order valence-corrected chi connectivity index (χ2v) is 6.98. The summed E-state index contributed by atoms with van der Waals surface area (Å²) in [4.78, 5) is 10.8. The van der Waals surface area contributed by atoms with E-state index in [-0.39, 0.29) is 31.7 Å². The molecule has 0 aliphatic carbocycles. The van der Waals surface area contributed by atoms with Crippen LogP contribution in [0.1, 0.15) is 40.0 Å². The number of hydrogen-bond acceptors (Lipinski definition) is 4. The van der Waals surface area contributed by atoms with Crippen LogP contribution in [-0.2, 0) is 19.7 Å². The van der Waals surface area contributed by atoms with Crippen LogP contribution in [0.3, 0.4) is 0 Å². The Morgan fingerprint density at radius 2 is 1.95 bits per heavy atom. The summed E-state index contributed by atoms with van der Waals surface area (Å²) in [5.74, 6) is -1.00. The molecule has 2 N–H and O–H groups in total. The third kappa shape index (κ3) is 5.35. The molecule has 3 unspecified atom stereocenters. The summed E-state index contributed by atoms with van der Waals surface area (Å²) >= 11 is 0. The van der Waals surface area contributed by atoms with Crippen molar-refractivity contribution in [1.29, 1.82) is 0 Å². The van der Waals surface area contributed by atoms with E-state index in [0.717, 1.165) is 6.42 Å². The van der Waals surface area contributed by atoms with Crippen molar-refractivity contribution < 1.29 is 23.1 Å². The smallest absolute Gasteiger partial charge is 0.304 e. The zero-order valence-electron chi connectivity index (χ0n) is 12.2. The van der Waals surface area contributed by atoms with E-state index in [0.29, 0.717) is 6.42 Å². The van der Waals surface area contributed by atoms with E-state index in [1.165, 1.54) is 4.31 Å². The molecule has 3 atom stereocenters. The highest BCUT2D eigenvalue weighted by molar-refractivity contribution is 7.87. The van der Waals surface area contributed by atoms with E-state index in [1.54, 1.807) is 0 Å². The van der Waals surface area contributed by atoms with Crippen molar-refractivity contribution in [2.45, 2.75) is 58.3 Å². The minimum absolute atomic E-state index is 0.167. The SMILES string of the molecule is CCCC(CC(=O)O)NS(=O)(=O)N1CC(C)OC(C)C1. The molecular formula is C12H24N2O5S. The monoisotopic (exact) mass is 308 g/mol. The zero-order chi connectivity index (χ0) is 15.3. The number of carboxylic acids is 1. The van der Waals surface area contributed by atoms with Crippen LogP contribution in [0.2, 0.25) is 0 Å². The summed E-state index contributed by atoms with van der Waals surface area (Å²) in [5.41, 5.74) is 0. The topological polar surface area (TPSA) is 95.9 Å². The molecule has 0 radical (unpaired) electrons. The number of morpholine rings is 1. The molecule has 8 heteroatoms. The molecule has 0 aromatic carbocycles. The minimum atomic E-state index is -3.68. The van der Waals surface area contributed by atoms with Crippen LogP contribution in [0.15, 0.2) is 0 Å². The van der Waals surface area contributed by atoms with Gasteiger partial charge in [0, 0.05) is 19.1 Å². The quantitative estimate of drug-likeness (QED) is 0.717. The molecule has 1 rings (SSSR count). The number of carbonyl (C=O) groups is 1. The van der Waals surface area contributed by atoms with Gasteiger partial charge in [-0.1, -0.05) is 13.3 Å². The first kappa shape index (κ1) is 17.4. The molecule has 1 saturated heterocycles. The normalized spacial score (nSPS) is 26.4. The number of nitrogens with zero attached hydrogens (tertiary/aromatic N) is 1. The molecule has 1 fully saturated rings. The molecule has 0 amide bonds. The second-order valence-electron chi connectivity index (χ2n) is 5.28. The predicted molar refractivity (Wildman–Crippen MR) is 74.6 cm³/mol. The molecule has 1 aliphatic heterocycles. The molecular weight excluding hydrogens is 284 g/mol. The highest BCUT2D eigenvalue weighted by Gasteiger charge is 2.32. The van der Waals surface area contributed by atoms with Crippen LogP contribution in [0.25, 0.3) is 0 Å². The molecule has 0 aromatic rings. The summed E-state index contributed by atoms with van der Waals surface area (Å²) in [6.45, 7) is 6.09. The molecule has 7 nitrogen and oxygen atoms in total. The number of aliphatic carboxylic acids is 1. The van der Waals surface area contributed by atoms with Crippen LogP contribution in [-0.4, -0.2) is 55.1 Å². The van der Waals surface area contributed by atoms with Crippen molar-refractivity contribution in [3.8, 4) is 0 Å². The summed E-state index contributed by atoms with van der Waals surface area (Å²) < 4.78 is 33.9. The molecule has 0 saturated carbocycles. The van der Waals surface area contributed by atoms with Crippen molar-refractivity contribution in [2.75, 3.05) is 13.1 Å². The Morgan fingerprint density at radius 3 is 2.40 bits per heavy atom. The highest BCUT2D eigenvalue weighted by Crippen LogP contribution is 2.15. The van der Waals surface area contributed by atoms with Gasteiger partial charge in [0.05, 0.1) is 18.6 Å². The number of rotatable bonds is 7. The van der Waals surface area contributed by atoms with Gasteiger partial charge >= 0.3 is 5.97 Å². The highest BCUT2D eigenvalue weighted by atomic mass is 32.2. The van der Waals surface area contributed by atoms with Crippen molar-refractivity contribution >= 4 is 16.2 Å². The predicted octanol–water partition coefficient (Wildman–Crippen LogP) is 0.573. The summed E-state index contributed by atoms with van der Waals surface area (Å²) in [7, 11) is -3.68. The fourth-order valence-electron chi connectivity index (χ4n) is 2.37. The Kier molecular flexibility index (Phi) is 6.38. The fourth-order valence-corrected chi connectivity index (χ4v) is 3.96. The third-order valence-electron chi connectivity index (χ3n) is 3.10. The van der Waals surface area contributed by atoms with E-state index in [2.05, 4.69) is 4.72 Å². The average Bonchev–Trinajstić information content (AvgIpc) is 2.26.